The number of carboxylic acid groups (broad SMARTS) is 7. The van der Waals surface area contributed by atoms with E-state index in [2.05, 4.69) is 44.5 Å². The second-order valence-corrected chi connectivity index (χ2v) is 23.1. The highest BCUT2D eigenvalue weighted by Crippen LogP contribution is 2.26. The van der Waals surface area contributed by atoms with Gasteiger partial charge in [-0.3, -0.25) is 4.79 Å². The second-order valence-electron chi connectivity index (χ2n) is 18.8. The van der Waals surface area contributed by atoms with Crippen molar-refractivity contribution in [1.82, 2.24) is 40.0 Å². The number of benzene rings is 3. The Morgan fingerprint density at radius 1 is 0.489 bits per heavy atom. The van der Waals surface area contributed by atoms with Crippen molar-refractivity contribution in [1.29, 1.82) is 0 Å². The summed E-state index contributed by atoms with van der Waals surface area (Å²) in [5.41, 5.74) is 9.13. The highest BCUT2D eigenvalue weighted by atomic mass is 35.5. The van der Waals surface area contributed by atoms with E-state index < -0.39 is 41.8 Å². The summed E-state index contributed by atoms with van der Waals surface area (Å²) in [7, 11) is 0. The van der Waals surface area contributed by atoms with Crippen LogP contribution < -0.4 is 5.56 Å². The highest BCUT2D eigenvalue weighted by molar-refractivity contribution is 7.17. The third kappa shape index (κ3) is 18.8. The van der Waals surface area contributed by atoms with Crippen molar-refractivity contribution < 1.29 is 82.7 Å². The van der Waals surface area contributed by atoms with Crippen molar-refractivity contribution in [3.8, 4) is 0 Å². The van der Waals surface area contributed by atoms with E-state index in [-0.39, 0.29) is 55.7 Å². The number of H-pyrrole nitrogens is 7. The highest BCUT2D eigenvalue weighted by Gasteiger charge is 2.14. The molecule has 15 rings (SSSR count). The molecule has 0 aliphatic heterocycles. The number of para-hydroxylation sites is 1. The number of rotatable bonds is 10. The molecule has 0 amide bonds. The van der Waals surface area contributed by atoms with Gasteiger partial charge in [-0.1, -0.05) is 65.1 Å². The Kier molecular flexibility index (Phi) is 23.3. The number of thiophene rings is 2. The lowest BCUT2D eigenvalue weighted by molar-refractivity contribution is 0.0655. The lowest BCUT2D eigenvalue weighted by Gasteiger charge is -1.99. The van der Waals surface area contributed by atoms with E-state index in [4.69, 9.17) is 91.1 Å². The Morgan fingerprint density at radius 3 is 1.69 bits per heavy atom. The van der Waals surface area contributed by atoms with Gasteiger partial charge in [-0.05, 0) is 119 Å². The molecule has 14 N–H and O–H groups in total. The molecule has 33 heteroatoms. The predicted octanol–water partition coefficient (Wildman–Crippen LogP) is 15.7. The molecule has 0 fully saturated rings. The second kappa shape index (κ2) is 31.8. The molecule has 0 saturated carbocycles. The molecule has 0 unspecified atom stereocenters. The van der Waals surface area contributed by atoms with Crippen molar-refractivity contribution in [3.05, 3.63) is 238 Å². The lowest BCUT2D eigenvalue weighted by Crippen LogP contribution is -1.95. The zero-order chi connectivity index (χ0) is 67.8. The summed E-state index contributed by atoms with van der Waals surface area (Å²) >= 11 is 26.6. The molecule has 15 aromatic rings. The van der Waals surface area contributed by atoms with Crippen LogP contribution >= 0.6 is 80.4 Å². The molecule has 12 heterocycles. The van der Waals surface area contributed by atoms with E-state index in [9.17, 15) is 38.4 Å². The largest absolute Gasteiger partial charge is 0.477 e. The molecule has 0 bridgehead atoms. The monoisotopic (exact) mass is 1410 g/mol. The molecule has 94 heavy (non-hydrogen) atoms. The predicted molar refractivity (Wildman–Crippen MR) is 354 cm³/mol. The van der Waals surface area contributed by atoms with E-state index in [0.29, 0.717) is 32.7 Å². The molecule has 0 spiro atoms. The van der Waals surface area contributed by atoms with Crippen LogP contribution in [0.3, 0.4) is 0 Å². The minimum Gasteiger partial charge on any atom is -0.477 e. The zero-order valence-corrected chi connectivity index (χ0v) is 52.7. The number of aromatic carboxylic acids is 7. The topological polar surface area (TPSA) is 441 Å². The Bertz CT molecular complexity index is 4700. The average Bonchev–Trinajstić information content (AvgIpc) is 1.86. The Labute approximate surface area is 555 Å². The number of halogens is 4. The van der Waals surface area contributed by atoms with Gasteiger partial charge in [0.05, 0.1) is 42.6 Å². The fourth-order valence-electron chi connectivity index (χ4n) is 7.96. The fourth-order valence-corrected chi connectivity index (χ4v) is 10.8. The Balaban J connectivity index is 0.000000139. The maximum atomic E-state index is 10.9. The lowest BCUT2D eigenvalue weighted by atomic mass is 10.1. The van der Waals surface area contributed by atoms with Crippen molar-refractivity contribution in [3.63, 3.8) is 0 Å². The standard InChI is InChI=1S/C13H12ClNO2.C9H7NO2.C7H4ClNO2.C7H5NO3.2C7H5NO2S.C6H4N2O2S.C5H2Cl2O3/c14-11-5-3-9(4-6-11)1-2-10-7-12(13(16)17)15-8-10;11-9(12)8-5-6-3-1-2-4-7(6)10-8;8-4-1-2-5-6(3-4)11-9-7(5)10;2*9-7(10)5-3-6-4(8-5)1-2-11-6;9-7(10)5-3-4-1-2-11-6(4)8-5;9-6(10)3-1-4-5(8-3)7-2-11-4;6-2-1-3(5(8)9)10-4(2)7/h3-8,15H,1-2H2,(H,16,17);1-5,10H,(H,11,12);1-3H,(H,9,10);3*1-3,8H,(H,9,10);1-2,8H,(H,9,10);1H,(H,8,9). The van der Waals surface area contributed by atoms with Crippen LogP contribution in [0, 0.1) is 0 Å². The quantitative estimate of drug-likeness (QED) is 0.0605. The van der Waals surface area contributed by atoms with Crippen LogP contribution in [0.1, 0.15) is 84.6 Å². The number of hydrogen-bond donors (Lipinski definition) is 14. The smallest absolute Gasteiger partial charge is 0.371 e. The van der Waals surface area contributed by atoms with Crippen molar-refractivity contribution >= 4 is 186 Å². The van der Waals surface area contributed by atoms with Gasteiger partial charge in [0.25, 0.3) is 5.56 Å². The van der Waals surface area contributed by atoms with E-state index in [1.807, 2.05) is 71.4 Å². The van der Waals surface area contributed by atoms with Gasteiger partial charge in [0.15, 0.2) is 11.2 Å². The molecule has 0 atom stereocenters. The van der Waals surface area contributed by atoms with E-state index in [1.165, 1.54) is 51.9 Å². The number of aromatic amines is 7. The molecular weight excluding hydrogens is 1370 g/mol. The summed E-state index contributed by atoms with van der Waals surface area (Å²) in [6.07, 6.45) is 4.92. The molecule has 0 saturated heterocycles. The Hall–Kier alpha value is -11.1. The van der Waals surface area contributed by atoms with E-state index >= 15 is 0 Å². The van der Waals surface area contributed by atoms with Crippen LogP contribution in [0.4, 0.5) is 0 Å². The molecule has 0 radical (unpaired) electrons. The third-order valence-electron chi connectivity index (χ3n) is 12.4. The SMILES string of the molecule is O=C(O)c1cc(CCc2ccc(Cl)cc2)c[nH]1.O=C(O)c1cc(Cl)c(Cl)o1.O=C(O)c1cc2ccccc2[nH]1.O=C(O)c1cc2ccsc2[nH]1.O=C(O)c1cc2occc2[nH]1.O=C(O)c1cc2sccc2[nH]1.O=C(O)c1cc2scnc2[nH]1.O=c1[nH]oc2cc(Cl)ccc12. The van der Waals surface area contributed by atoms with Gasteiger partial charge in [0.1, 0.15) is 44.6 Å². The first-order chi connectivity index (χ1) is 44.9. The van der Waals surface area contributed by atoms with Crippen LogP contribution in [0.2, 0.25) is 20.3 Å². The summed E-state index contributed by atoms with van der Waals surface area (Å²) in [4.78, 5) is 105. The van der Waals surface area contributed by atoms with Gasteiger partial charge < -0.3 is 79.0 Å². The summed E-state index contributed by atoms with van der Waals surface area (Å²) in [6, 6.07) is 36.2. The molecular formula is C61H44Cl4N8O18S3. The van der Waals surface area contributed by atoms with E-state index in [1.54, 1.807) is 66.3 Å². The average molecular weight is 1420 g/mol. The van der Waals surface area contributed by atoms with Gasteiger partial charge in [0.2, 0.25) is 11.0 Å². The number of aromatic nitrogens is 8. The van der Waals surface area contributed by atoms with Gasteiger partial charge in [-0.2, -0.15) is 5.16 Å². The fraction of sp³-hybridized carbons (Fsp3) is 0.0328. The van der Waals surface area contributed by atoms with Crippen LogP contribution in [0.15, 0.2) is 174 Å². The van der Waals surface area contributed by atoms with Crippen molar-refractivity contribution in [2.75, 3.05) is 0 Å². The van der Waals surface area contributed by atoms with Crippen molar-refractivity contribution in [2.24, 2.45) is 0 Å². The molecule has 12 aromatic heterocycles. The summed E-state index contributed by atoms with van der Waals surface area (Å²) in [6.45, 7) is 0. The van der Waals surface area contributed by atoms with Gasteiger partial charge in [0, 0.05) is 56.8 Å². The number of fused-ring (bicyclic) bond motifs is 6. The van der Waals surface area contributed by atoms with Crippen LogP contribution in [0.25, 0.3) is 63.8 Å². The summed E-state index contributed by atoms with van der Waals surface area (Å²) in [5.74, 6) is -7.04. The number of nitrogens with one attached hydrogen (secondary N) is 7. The number of carbonyl (C=O) groups is 7. The van der Waals surface area contributed by atoms with Crippen LogP contribution in [-0.2, 0) is 12.8 Å². The number of hydrogen-bond acceptors (Lipinski definition) is 15. The van der Waals surface area contributed by atoms with Crippen LogP contribution in [-0.4, -0.2) is 118 Å². The van der Waals surface area contributed by atoms with Gasteiger partial charge in [-0.15, -0.1) is 34.0 Å². The first-order valence-electron chi connectivity index (χ1n) is 26.3. The molecule has 482 valence electrons. The van der Waals surface area contributed by atoms with Gasteiger partial charge in [-0.25, -0.2) is 38.5 Å². The normalized spacial score (nSPS) is 10.4. The summed E-state index contributed by atoms with van der Waals surface area (Å²) < 4.78 is 16.1. The maximum absolute atomic E-state index is 10.9. The first-order valence-corrected chi connectivity index (χ1v) is 30.5. The number of furan rings is 2. The van der Waals surface area contributed by atoms with Crippen molar-refractivity contribution in [2.45, 2.75) is 12.8 Å². The Morgan fingerprint density at radius 2 is 1.09 bits per heavy atom. The molecule has 26 nitrogen and oxygen atoms in total. The van der Waals surface area contributed by atoms with E-state index in [0.717, 1.165) is 65.5 Å². The number of carboxylic acids is 7. The minimum absolute atomic E-state index is 0.0981. The third-order valence-corrected chi connectivity index (χ3v) is 16.0. The molecule has 3 aromatic carbocycles. The number of thiazole rings is 1. The molecule has 0 aliphatic carbocycles. The van der Waals surface area contributed by atoms with Crippen LogP contribution in [0.5, 0.6) is 0 Å². The summed E-state index contributed by atoms with van der Waals surface area (Å²) in [5, 5.41) is 69.7. The first kappa shape index (κ1) is 68.9. The van der Waals surface area contributed by atoms with Gasteiger partial charge >= 0.3 is 41.8 Å². The maximum Gasteiger partial charge on any atom is 0.371 e. The number of aryl methyl sites for hydroxylation is 2. The minimum atomic E-state index is -1.19. The molecule has 0 aliphatic rings. The number of nitrogens with zero attached hydrogens (tertiary/aromatic N) is 1. The zero-order valence-electron chi connectivity index (χ0n) is 47.2.